The molecule has 3 heterocycles. The number of carbonyl (C=O) groups excluding carboxylic acids is 1. The van der Waals surface area contributed by atoms with Gasteiger partial charge in [-0.25, -0.2) is 0 Å². The van der Waals surface area contributed by atoms with Gasteiger partial charge in [-0.1, -0.05) is 59.0 Å². The van der Waals surface area contributed by atoms with Crippen molar-refractivity contribution < 1.29 is 23.7 Å². The van der Waals surface area contributed by atoms with Crippen LogP contribution in [0.2, 0.25) is 0 Å². The summed E-state index contributed by atoms with van der Waals surface area (Å²) in [6, 6.07) is 0. The molecule has 0 bridgehead atoms. The standard InChI is InChI=1S/C28H48O5S/c1-4-5-17-28(2,3)25(29)16-15-22-23(33-27-14-10-11-18-30-27)21-34-24(22)12-8-6-7-9-13-26-31-19-20-32-26/h15-16,22-24,26-27H,4-14,17-21H2,1-3H3/t22-,23+,24+,27?/m0/s1. The highest BCUT2D eigenvalue weighted by molar-refractivity contribution is 8.00. The molecule has 4 atom stereocenters. The topological polar surface area (TPSA) is 54.0 Å². The Morgan fingerprint density at radius 1 is 1.00 bits per heavy atom. The van der Waals surface area contributed by atoms with Crippen molar-refractivity contribution in [3.8, 4) is 0 Å². The Balaban J connectivity index is 1.50. The van der Waals surface area contributed by atoms with Crippen molar-refractivity contribution in [1.82, 2.24) is 0 Å². The molecule has 0 aromatic rings. The van der Waals surface area contributed by atoms with E-state index >= 15 is 0 Å². The summed E-state index contributed by atoms with van der Waals surface area (Å²) in [6.07, 6.45) is 17.6. The zero-order valence-electron chi connectivity index (χ0n) is 21.8. The van der Waals surface area contributed by atoms with Gasteiger partial charge in [0.15, 0.2) is 18.4 Å². The van der Waals surface area contributed by atoms with Crippen LogP contribution in [-0.2, 0) is 23.7 Å². The summed E-state index contributed by atoms with van der Waals surface area (Å²) in [5.74, 6) is 1.52. The van der Waals surface area contributed by atoms with Crippen molar-refractivity contribution in [3.05, 3.63) is 12.2 Å². The highest BCUT2D eigenvalue weighted by atomic mass is 32.2. The van der Waals surface area contributed by atoms with Crippen molar-refractivity contribution in [3.63, 3.8) is 0 Å². The minimum atomic E-state index is -0.288. The molecule has 196 valence electrons. The third kappa shape index (κ3) is 9.24. The number of unbranched alkanes of at least 4 members (excludes halogenated alkanes) is 4. The van der Waals surface area contributed by atoms with Crippen LogP contribution >= 0.6 is 11.8 Å². The van der Waals surface area contributed by atoms with Crippen LogP contribution in [0.5, 0.6) is 0 Å². The molecule has 0 N–H and O–H groups in total. The summed E-state index contributed by atoms with van der Waals surface area (Å²) in [7, 11) is 0. The van der Waals surface area contributed by atoms with Gasteiger partial charge < -0.3 is 18.9 Å². The number of thioether (sulfide) groups is 1. The average Bonchev–Trinajstić information content (AvgIpc) is 3.49. The van der Waals surface area contributed by atoms with E-state index in [1.165, 1.54) is 32.1 Å². The van der Waals surface area contributed by atoms with Crippen LogP contribution < -0.4 is 0 Å². The van der Waals surface area contributed by atoms with E-state index in [-0.39, 0.29) is 35.8 Å². The number of carbonyl (C=O) groups is 1. The SMILES string of the molecule is CCCCC(C)(C)C(=O)C=C[C@H]1[C@H](OC2CCCCO2)CS[C@@H]1CCCCCCC1OCCO1. The first-order valence-electron chi connectivity index (χ1n) is 13.8. The Kier molecular flexibility index (Phi) is 12.4. The van der Waals surface area contributed by atoms with Gasteiger partial charge in [0.2, 0.25) is 0 Å². The van der Waals surface area contributed by atoms with Gasteiger partial charge in [-0.2, -0.15) is 11.8 Å². The highest BCUT2D eigenvalue weighted by Gasteiger charge is 2.38. The molecule has 3 fully saturated rings. The molecule has 3 rings (SSSR count). The molecule has 0 aromatic carbocycles. The van der Waals surface area contributed by atoms with E-state index in [1.54, 1.807) is 0 Å². The van der Waals surface area contributed by atoms with Gasteiger partial charge in [0.1, 0.15) is 0 Å². The van der Waals surface area contributed by atoms with Crippen LogP contribution in [0.4, 0.5) is 0 Å². The maximum Gasteiger partial charge on any atom is 0.160 e. The van der Waals surface area contributed by atoms with Crippen molar-refractivity contribution in [2.24, 2.45) is 11.3 Å². The fraction of sp³-hybridized carbons (Fsp3) is 0.893. The maximum absolute atomic E-state index is 13.0. The Labute approximate surface area is 212 Å². The number of ketones is 1. The molecule has 34 heavy (non-hydrogen) atoms. The molecule has 0 radical (unpaired) electrons. The number of rotatable bonds is 15. The average molecular weight is 497 g/mol. The molecular formula is C28H48O5S. The molecule has 0 saturated carbocycles. The van der Waals surface area contributed by atoms with Crippen molar-refractivity contribution in [2.75, 3.05) is 25.6 Å². The van der Waals surface area contributed by atoms with E-state index in [0.29, 0.717) is 5.25 Å². The lowest BCUT2D eigenvalue weighted by atomic mass is 9.82. The first-order chi connectivity index (χ1) is 16.5. The third-order valence-electron chi connectivity index (χ3n) is 7.46. The molecule has 0 aromatic heterocycles. The lowest BCUT2D eigenvalue weighted by Crippen LogP contribution is -2.33. The fourth-order valence-electron chi connectivity index (χ4n) is 5.10. The highest BCUT2D eigenvalue weighted by Crippen LogP contribution is 2.40. The van der Waals surface area contributed by atoms with E-state index in [9.17, 15) is 4.79 Å². The summed E-state index contributed by atoms with van der Waals surface area (Å²) in [4.78, 5) is 13.0. The summed E-state index contributed by atoms with van der Waals surface area (Å²) in [5, 5.41) is 0.512. The molecule has 5 nitrogen and oxygen atoms in total. The minimum absolute atomic E-state index is 0.0268. The fourth-order valence-corrected chi connectivity index (χ4v) is 6.66. The first kappa shape index (κ1) is 28.2. The quantitative estimate of drug-likeness (QED) is 0.186. The molecule has 0 spiro atoms. The molecule has 0 amide bonds. The van der Waals surface area contributed by atoms with Crippen LogP contribution in [0.3, 0.4) is 0 Å². The van der Waals surface area contributed by atoms with E-state index in [2.05, 4.69) is 26.8 Å². The number of hydrogen-bond acceptors (Lipinski definition) is 6. The number of ether oxygens (including phenoxy) is 4. The van der Waals surface area contributed by atoms with Crippen LogP contribution in [-0.4, -0.2) is 55.3 Å². The van der Waals surface area contributed by atoms with Gasteiger partial charge in [0.05, 0.1) is 19.3 Å². The van der Waals surface area contributed by atoms with E-state index in [1.807, 2.05) is 17.8 Å². The number of hydrogen-bond donors (Lipinski definition) is 0. The third-order valence-corrected chi connectivity index (χ3v) is 8.96. The summed E-state index contributed by atoms with van der Waals surface area (Å²) in [5.41, 5.74) is -0.288. The summed E-state index contributed by atoms with van der Waals surface area (Å²) < 4.78 is 23.4. The lowest BCUT2D eigenvalue weighted by Gasteiger charge is -2.29. The van der Waals surface area contributed by atoms with Crippen LogP contribution in [0.15, 0.2) is 12.2 Å². The molecule has 0 aliphatic carbocycles. The Morgan fingerprint density at radius 2 is 1.76 bits per heavy atom. The van der Waals surface area contributed by atoms with Crippen molar-refractivity contribution in [1.29, 1.82) is 0 Å². The largest absolute Gasteiger partial charge is 0.353 e. The molecule has 6 heteroatoms. The zero-order valence-corrected chi connectivity index (χ0v) is 22.6. The first-order valence-corrected chi connectivity index (χ1v) is 14.9. The van der Waals surface area contributed by atoms with E-state index in [4.69, 9.17) is 18.9 Å². The lowest BCUT2D eigenvalue weighted by molar-refractivity contribution is -0.188. The molecular weight excluding hydrogens is 448 g/mol. The summed E-state index contributed by atoms with van der Waals surface area (Å²) in [6.45, 7) is 8.64. The monoisotopic (exact) mass is 496 g/mol. The maximum atomic E-state index is 13.0. The number of allylic oxidation sites excluding steroid dienone is 1. The van der Waals surface area contributed by atoms with Gasteiger partial charge in [-0.15, -0.1) is 0 Å². The normalized spacial score (nSPS) is 28.8. The minimum Gasteiger partial charge on any atom is -0.353 e. The van der Waals surface area contributed by atoms with Crippen LogP contribution in [0.25, 0.3) is 0 Å². The second-order valence-electron chi connectivity index (χ2n) is 10.8. The predicted octanol–water partition coefficient (Wildman–Crippen LogP) is 6.69. The van der Waals surface area contributed by atoms with Gasteiger partial charge in [-0.3, -0.25) is 4.79 Å². The smallest absolute Gasteiger partial charge is 0.160 e. The second kappa shape index (κ2) is 15.0. The van der Waals surface area contributed by atoms with Crippen molar-refractivity contribution in [2.45, 2.75) is 122 Å². The van der Waals surface area contributed by atoms with Gasteiger partial charge in [0.25, 0.3) is 0 Å². The van der Waals surface area contributed by atoms with Crippen LogP contribution in [0.1, 0.15) is 97.8 Å². The van der Waals surface area contributed by atoms with Gasteiger partial charge in [-0.05, 0) is 51.0 Å². The molecule has 3 saturated heterocycles. The summed E-state index contributed by atoms with van der Waals surface area (Å²) >= 11 is 2.02. The van der Waals surface area contributed by atoms with Gasteiger partial charge in [0, 0.05) is 28.9 Å². The zero-order chi connectivity index (χ0) is 24.2. The van der Waals surface area contributed by atoms with Crippen molar-refractivity contribution >= 4 is 17.5 Å². The van der Waals surface area contributed by atoms with E-state index < -0.39 is 0 Å². The molecule has 3 aliphatic heterocycles. The predicted molar refractivity (Wildman–Crippen MR) is 139 cm³/mol. The molecule has 3 aliphatic rings. The second-order valence-corrected chi connectivity index (χ2v) is 12.1. The Hall–Kier alpha value is -0.400. The Bertz CT molecular complexity index is 610. The Morgan fingerprint density at radius 3 is 2.47 bits per heavy atom. The van der Waals surface area contributed by atoms with Gasteiger partial charge >= 0.3 is 0 Å². The van der Waals surface area contributed by atoms with E-state index in [0.717, 1.165) is 70.5 Å². The molecule has 1 unspecified atom stereocenters. The van der Waals surface area contributed by atoms with Crippen LogP contribution in [0, 0.1) is 11.3 Å².